The van der Waals surface area contributed by atoms with Crippen molar-refractivity contribution >= 4 is 0 Å². The fourth-order valence-electron chi connectivity index (χ4n) is 5.33. The van der Waals surface area contributed by atoms with Crippen molar-refractivity contribution in [1.82, 2.24) is 0 Å². The van der Waals surface area contributed by atoms with Gasteiger partial charge in [-0.1, -0.05) is 32.9 Å². The lowest BCUT2D eigenvalue weighted by molar-refractivity contribution is -0.123. The van der Waals surface area contributed by atoms with Gasteiger partial charge in [-0.3, -0.25) is 0 Å². The molecule has 0 aromatic rings. The van der Waals surface area contributed by atoms with Crippen LogP contribution >= 0.6 is 0 Å². The molecule has 17 heavy (non-hydrogen) atoms. The summed E-state index contributed by atoms with van der Waals surface area (Å²) in [5, 5.41) is 0. The van der Waals surface area contributed by atoms with Crippen LogP contribution in [-0.4, -0.2) is 12.2 Å². The maximum Gasteiger partial charge on any atom is 0.0688 e. The van der Waals surface area contributed by atoms with Crippen molar-refractivity contribution in [2.24, 2.45) is 22.7 Å². The van der Waals surface area contributed by atoms with E-state index < -0.39 is 0 Å². The molecule has 1 heterocycles. The van der Waals surface area contributed by atoms with Gasteiger partial charge >= 0.3 is 0 Å². The largest absolute Gasteiger partial charge is 0.375 e. The summed E-state index contributed by atoms with van der Waals surface area (Å²) in [7, 11) is 0. The minimum absolute atomic E-state index is 0.173. The number of hydrogen-bond acceptors (Lipinski definition) is 1. The maximum absolute atomic E-state index is 6.10. The molecule has 0 aromatic heterocycles. The Kier molecular flexibility index (Phi) is 2.34. The van der Waals surface area contributed by atoms with Crippen LogP contribution in [0.15, 0.2) is 12.2 Å². The zero-order valence-electron chi connectivity index (χ0n) is 11.8. The molecule has 3 rings (SSSR count). The Labute approximate surface area is 106 Å². The van der Waals surface area contributed by atoms with E-state index in [9.17, 15) is 0 Å². The van der Waals surface area contributed by atoms with Crippen molar-refractivity contribution in [2.75, 3.05) is 6.61 Å². The van der Waals surface area contributed by atoms with E-state index in [1.807, 2.05) is 0 Å². The summed E-state index contributed by atoms with van der Waals surface area (Å²) in [4.78, 5) is 0. The molecule has 96 valence electrons. The fraction of sp³-hybridized carbons (Fsp3) is 0.875. The third-order valence-electron chi connectivity index (χ3n) is 6.10. The second-order valence-electron chi connectivity index (χ2n) is 7.53. The van der Waals surface area contributed by atoms with E-state index >= 15 is 0 Å². The summed E-state index contributed by atoms with van der Waals surface area (Å²) in [6.07, 6.45) is 10.0. The molecule has 0 N–H and O–H groups in total. The van der Waals surface area contributed by atoms with Gasteiger partial charge in [-0.25, -0.2) is 0 Å². The lowest BCUT2D eigenvalue weighted by Gasteiger charge is -2.58. The minimum Gasteiger partial charge on any atom is -0.375 e. The van der Waals surface area contributed by atoms with E-state index in [0.29, 0.717) is 10.8 Å². The van der Waals surface area contributed by atoms with Crippen LogP contribution < -0.4 is 0 Å². The lowest BCUT2D eigenvalue weighted by atomic mass is 9.47. The summed E-state index contributed by atoms with van der Waals surface area (Å²) >= 11 is 0. The Bertz CT molecular complexity index is 357. The van der Waals surface area contributed by atoms with Crippen molar-refractivity contribution in [1.29, 1.82) is 0 Å². The van der Waals surface area contributed by atoms with Gasteiger partial charge < -0.3 is 4.74 Å². The Balaban J connectivity index is 2.02. The van der Waals surface area contributed by atoms with Crippen LogP contribution in [0.1, 0.15) is 53.4 Å². The molecule has 0 spiro atoms. The van der Waals surface area contributed by atoms with Gasteiger partial charge in [0, 0.05) is 6.61 Å². The highest BCUT2D eigenvalue weighted by atomic mass is 16.5. The van der Waals surface area contributed by atoms with E-state index in [-0.39, 0.29) is 5.60 Å². The smallest absolute Gasteiger partial charge is 0.0688 e. The topological polar surface area (TPSA) is 9.23 Å². The quantitative estimate of drug-likeness (QED) is 0.571. The molecule has 1 heteroatoms. The number of hydrogen-bond donors (Lipinski definition) is 0. The Morgan fingerprint density at radius 3 is 2.59 bits per heavy atom. The average Bonchev–Trinajstić information content (AvgIpc) is 2.60. The lowest BCUT2D eigenvalue weighted by Crippen LogP contribution is -2.54. The van der Waals surface area contributed by atoms with Crippen LogP contribution in [0.4, 0.5) is 0 Å². The van der Waals surface area contributed by atoms with E-state index in [1.165, 1.54) is 25.7 Å². The van der Waals surface area contributed by atoms with E-state index in [0.717, 1.165) is 18.4 Å². The van der Waals surface area contributed by atoms with Gasteiger partial charge in [0.2, 0.25) is 0 Å². The zero-order chi connectivity index (χ0) is 12.3. The molecule has 1 nitrogen and oxygen atoms in total. The highest BCUT2D eigenvalue weighted by Crippen LogP contribution is 2.63. The maximum atomic E-state index is 6.10. The zero-order valence-corrected chi connectivity index (χ0v) is 11.8. The monoisotopic (exact) mass is 234 g/mol. The summed E-state index contributed by atoms with van der Waals surface area (Å²) < 4.78 is 6.10. The van der Waals surface area contributed by atoms with Crippen molar-refractivity contribution < 1.29 is 4.74 Å². The van der Waals surface area contributed by atoms with Crippen molar-refractivity contribution in [3.05, 3.63) is 12.2 Å². The number of rotatable bonds is 0. The van der Waals surface area contributed by atoms with Gasteiger partial charge in [0.25, 0.3) is 0 Å². The Morgan fingerprint density at radius 2 is 1.82 bits per heavy atom. The molecule has 1 aliphatic heterocycles. The number of fused-ring (bicyclic) bond motifs is 3. The van der Waals surface area contributed by atoms with Crippen LogP contribution in [0, 0.1) is 22.7 Å². The van der Waals surface area contributed by atoms with E-state index in [4.69, 9.17) is 4.74 Å². The van der Waals surface area contributed by atoms with Gasteiger partial charge in [0.15, 0.2) is 0 Å². The second kappa shape index (κ2) is 3.38. The molecule has 1 saturated heterocycles. The molecule has 1 saturated carbocycles. The van der Waals surface area contributed by atoms with Crippen LogP contribution in [0.3, 0.4) is 0 Å². The van der Waals surface area contributed by atoms with Crippen LogP contribution in [0.2, 0.25) is 0 Å². The van der Waals surface area contributed by atoms with Gasteiger partial charge in [-0.05, 0) is 55.3 Å². The third-order valence-corrected chi connectivity index (χ3v) is 6.10. The molecule has 0 bridgehead atoms. The standard InChI is InChI=1S/C16H26O/c1-14(2)8-5-9-15(3)12(14)6-10-16(4)13(15)7-11-17-16/h5,8,12-13H,6-7,9-11H2,1-4H3/t12-,13+,15-,16+/m1/s1. The molecule has 0 radical (unpaired) electrons. The highest BCUT2D eigenvalue weighted by molar-refractivity contribution is 5.17. The van der Waals surface area contributed by atoms with Crippen molar-refractivity contribution in [3.8, 4) is 0 Å². The number of allylic oxidation sites excluding steroid dienone is 2. The molecular formula is C16H26O. The predicted octanol–water partition coefficient (Wildman–Crippen LogP) is 4.18. The highest BCUT2D eigenvalue weighted by Gasteiger charge is 2.59. The summed E-state index contributed by atoms with van der Waals surface area (Å²) in [5.74, 6) is 1.60. The van der Waals surface area contributed by atoms with Crippen LogP contribution in [-0.2, 0) is 4.74 Å². The van der Waals surface area contributed by atoms with Gasteiger partial charge in [0.05, 0.1) is 5.60 Å². The first kappa shape index (κ1) is 11.8. The first-order chi connectivity index (χ1) is 7.89. The summed E-state index contributed by atoms with van der Waals surface area (Å²) in [5.41, 5.74) is 1.01. The number of ether oxygens (including phenoxy) is 1. The van der Waals surface area contributed by atoms with Crippen molar-refractivity contribution in [2.45, 2.75) is 59.0 Å². The Morgan fingerprint density at radius 1 is 1.06 bits per heavy atom. The summed E-state index contributed by atoms with van der Waals surface area (Å²) in [6.45, 7) is 10.7. The van der Waals surface area contributed by atoms with Gasteiger partial charge in [-0.2, -0.15) is 0 Å². The minimum atomic E-state index is 0.173. The predicted molar refractivity (Wildman–Crippen MR) is 70.8 cm³/mol. The van der Waals surface area contributed by atoms with Crippen LogP contribution in [0.5, 0.6) is 0 Å². The molecule has 0 amide bonds. The molecule has 2 fully saturated rings. The first-order valence-electron chi connectivity index (χ1n) is 7.20. The molecule has 4 atom stereocenters. The van der Waals surface area contributed by atoms with Crippen molar-refractivity contribution in [3.63, 3.8) is 0 Å². The molecule has 0 aromatic carbocycles. The molecular weight excluding hydrogens is 208 g/mol. The normalized spacial score (nSPS) is 52.0. The first-order valence-corrected chi connectivity index (χ1v) is 7.20. The van der Waals surface area contributed by atoms with Gasteiger partial charge in [-0.15, -0.1) is 0 Å². The molecule has 3 aliphatic rings. The van der Waals surface area contributed by atoms with Crippen LogP contribution in [0.25, 0.3) is 0 Å². The second-order valence-corrected chi connectivity index (χ2v) is 7.53. The summed E-state index contributed by atoms with van der Waals surface area (Å²) in [6, 6.07) is 0. The molecule has 0 unspecified atom stereocenters. The Hall–Kier alpha value is -0.300. The van der Waals surface area contributed by atoms with E-state index in [1.54, 1.807) is 0 Å². The molecule has 2 aliphatic carbocycles. The fourth-order valence-corrected chi connectivity index (χ4v) is 5.33. The average molecular weight is 234 g/mol. The SMILES string of the molecule is CC1(C)C=CC[C@]2(C)[C@@H]1CC[C@]1(C)OCC[C@@H]21. The van der Waals surface area contributed by atoms with Gasteiger partial charge in [0.1, 0.15) is 0 Å². The third kappa shape index (κ3) is 1.47. The van der Waals surface area contributed by atoms with E-state index in [2.05, 4.69) is 39.8 Å².